The number of rotatable bonds is 18. The number of halogens is 1. The number of hydrogen-bond donors (Lipinski definition) is 1. The Kier molecular flexibility index (Phi) is 14.4. The van der Waals surface area contributed by atoms with Crippen LogP contribution in [0.4, 0.5) is 4.79 Å². The molecule has 1 N–H and O–H groups in total. The highest BCUT2D eigenvalue weighted by atomic mass is 127. The molecular formula is C39H53IN4O4. The van der Waals surface area contributed by atoms with E-state index in [0.29, 0.717) is 19.6 Å². The van der Waals surface area contributed by atoms with Gasteiger partial charge in [-0.1, -0.05) is 51.5 Å². The number of aryl methyl sites for hydroxylation is 1. The summed E-state index contributed by atoms with van der Waals surface area (Å²) in [5.74, 6) is 2.46. The second kappa shape index (κ2) is 18.5. The van der Waals surface area contributed by atoms with Crippen LogP contribution in [0.2, 0.25) is 0 Å². The Morgan fingerprint density at radius 1 is 0.896 bits per heavy atom. The molecule has 0 spiro atoms. The number of carbonyl (C=O) groups excluding carboxylic acids is 1. The fourth-order valence-electron chi connectivity index (χ4n) is 5.60. The number of hydrogen-bond acceptors (Lipinski definition) is 6. The summed E-state index contributed by atoms with van der Waals surface area (Å²) in [5, 5.41) is 3.15. The van der Waals surface area contributed by atoms with Gasteiger partial charge in [0, 0.05) is 35.6 Å². The zero-order chi connectivity index (χ0) is 34.5. The first-order chi connectivity index (χ1) is 23.1. The highest BCUT2D eigenvalue weighted by Crippen LogP contribution is 2.28. The predicted molar refractivity (Wildman–Crippen MR) is 203 cm³/mol. The van der Waals surface area contributed by atoms with Crippen molar-refractivity contribution in [1.82, 2.24) is 19.8 Å². The van der Waals surface area contributed by atoms with Crippen LogP contribution in [0.25, 0.3) is 11.0 Å². The smallest absolute Gasteiger partial charge is 0.408 e. The number of aromatic nitrogens is 2. The molecule has 4 aromatic rings. The summed E-state index contributed by atoms with van der Waals surface area (Å²) in [6.45, 7) is 17.4. The Labute approximate surface area is 300 Å². The number of nitrogens with one attached hydrogen (secondary N) is 1. The molecule has 1 heterocycles. The maximum Gasteiger partial charge on any atom is 0.408 e. The van der Waals surface area contributed by atoms with E-state index in [4.69, 9.17) is 19.2 Å². The zero-order valence-corrected chi connectivity index (χ0v) is 31.7. The van der Waals surface area contributed by atoms with Gasteiger partial charge in [0.15, 0.2) is 0 Å². The van der Waals surface area contributed by atoms with Crippen molar-refractivity contribution in [2.75, 3.05) is 32.8 Å². The van der Waals surface area contributed by atoms with Crippen molar-refractivity contribution in [3.05, 3.63) is 87.3 Å². The lowest BCUT2D eigenvalue weighted by Crippen LogP contribution is -2.37. The summed E-state index contributed by atoms with van der Waals surface area (Å²) in [4.78, 5) is 20.7. The van der Waals surface area contributed by atoms with Crippen LogP contribution in [0, 0.1) is 3.57 Å². The van der Waals surface area contributed by atoms with Crippen molar-refractivity contribution in [2.45, 2.75) is 91.8 Å². The van der Waals surface area contributed by atoms with Gasteiger partial charge >= 0.3 is 6.09 Å². The number of benzene rings is 3. The molecular weight excluding hydrogens is 715 g/mol. The standard InChI is InChI=1S/C39H53IN4O4/c1-7-10-24-44-36-28-33(46-25-11-23-43(8-2)9-3)20-21-34(36)41-37(44)35(42-38(45)48-39(4,5)6)27-30-14-18-32(19-15-30)47-26-22-29-12-16-31(40)17-13-29/h12-21,28,35H,7-11,22-27H2,1-6H3,(H,42,45)/t35-/m1/s1. The Bertz CT molecular complexity index is 1560. The largest absolute Gasteiger partial charge is 0.493 e. The summed E-state index contributed by atoms with van der Waals surface area (Å²) >= 11 is 2.32. The average molecular weight is 769 g/mol. The number of alkyl carbamates (subject to hydrolysis) is 1. The van der Waals surface area contributed by atoms with Crippen LogP contribution in [0.5, 0.6) is 11.5 Å². The van der Waals surface area contributed by atoms with Gasteiger partial charge in [-0.25, -0.2) is 9.78 Å². The number of fused-ring (bicyclic) bond motifs is 1. The Balaban J connectivity index is 1.54. The molecule has 0 saturated carbocycles. The number of unbranched alkanes of at least 4 members (excludes halogenated alkanes) is 1. The van der Waals surface area contributed by atoms with Crippen LogP contribution in [-0.2, 0) is 24.1 Å². The van der Waals surface area contributed by atoms with Gasteiger partial charge in [0.2, 0.25) is 0 Å². The predicted octanol–water partition coefficient (Wildman–Crippen LogP) is 8.98. The van der Waals surface area contributed by atoms with E-state index in [0.717, 1.165) is 85.8 Å². The molecule has 8 nitrogen and oxygen atoms in total. The molecule has 0 bridgehead atoms. The third-order valence-corrected chi connectivity index (χ3v) is 8.92. The van der Waals surface area contributed by atoms with E-state index in [1.165, 1.54) is 9.13 Å². The topological polar surface area (TPSA) is 77.8 Å². The number of amides is 1. The maximum absolute atomic E-state index is 13.2. The molecule has 0 aliphatic heterocycles. The van der Waals surface area contributed by atoms with E-state index in [-0.39, 0.29) is 0 Å². The molecule has 260 valence electrons. The lowest BCUT2D eigenvalue weighted by molar-refractivity contribution is 0.0500. The lowest BCUT2D eigenvalue weighted by Gasteiger charge is -2.24. The van der Waals surface area contributed by atoms with Gasteiger partial charge in [-0.2, -0.15) is 0 Å². The van der Waals surface area contributed by atoms with Crippen molar-refractivity contribution >= 4 is 39.7 Å². The Morgan fingerprint density at radius 2 is 1.56 bits per heavy atom. The first kappa shape index (κ1) is 37.5. The van der Waals surface area contributed by atoms with Crippen LogP contribution in [0.3, 0.4) is 0 Å². The van der Waals surface area contributed by atoms with E-state index >= 15 is 0 Å². The zero-order valence-electron chi connectivity index (χ0n) is 29.6. The van der Waals surface area contributed by atoms with E-state index in [1.807, 2.05) is 45.0 Å². The molecule has 0 unspecified atom stereocenters. The average Bonchev–Trinajstić information content (AvgIpc) is 3.42. The van der Waals surface area contributed by atoms with Gasteiger partial charge in [0.1, 0.15) is 22.9 Å². The van der Waals surface area contributed by atoms with Crippen molar-refractivity contribution in [2.24, 2.45) is 0 Å². The second-order valence-corrected chi connectivity index (χ2v) is 14.4. The minimum absolute atomic E-state index is 0.407. The van der Waals surface area contributed by atoms with Gasteiger partial charge in [0.05, 0.1) is 30.3 Å². The highest BCUT2D eigenvalue weighted by molar-refractivity contribution is 14.1. The van der Waals surface area contributed by atoms with Crippen molar-refractivity contribution in [3.8, 4) is 11.5 Å². The second-order valence-electron chi connectivity index (χ2n) is 13.1. The molecule has 1 aromatic heterocycles. The monoisotopic (exact) mass is 768 g/mol. The molecule has 0 fully saturated rings. The summed E-state index contributed by atoms with van der Waals surface area (Å²) in [7, 11) is 0. The number of imidazole rings is 1. The minimum Gasteiger partial charge on any atom is -0.493 e. The molecule has 9 heteroatoms. The molecule has 0 radical (unpaired) electrons. The van der Waals surface area contributed by atoms with Crippen LogP contribution in [0.1, 0.15) is 83.8 Å². The summed E-state index contributed by atoms with van der Waals surface area (Å²) in [6.07, 6.45) is 3.92. The van der Waals surface area contributed by atoms with Crippen LogP contribution in [-0.4, -0.2) is 59.0 Å². The van der Waals surface area contributed by atoms with E-state index in [9.17, 15) is 4.79 Å². The van der Waals surface area contributed by atoms with E-state index in [2.05, 4.69) is 101 Å². The first-order valence-corrected chi connectivity index (χ1v) is 18.5. The van der Waals surface area contributed by atoms with Gasteiger partial charge in [-0.15, -0.1) is 0 Å². The lowest BCUT2D eigenvalue weighted by atomic mass is 10.0. The highest BCUT2D eigenvalue weighted by Gasteiger charge is 2.26. The molecule has 3 aromatic carbocycles. The first-order valence-electron chi connectivity index (χ1n) is 17.4. The third kappa shape index (κ3) is 11.7. The normalized spacial score (nSPS) is 12.3. The van der Waals surface area contributed by atoms with Gasteiger partial charge in [0.25, 0.3) is 0 Å². The summed E-state index contributed by atoms with van der Waals surface area (Å²) in [6, 6.07) is 22.3. The van der Waals surface area contributed by atoms with E-state index < -0.39 is 17.7 Å². The third-order valence-electron chi connectivity index (χ3n) is 8.20. The number of carbonyl (C=O) groups is 1. The maximum atomic E-state index is 13.2. The fraction of sp³-hybridized carbons (Fsp3) is 0.487. The SMILES string of the molecule is CCCCn1c([C@@H](Cc2ccc(OCCc3ccc(I)cc3)cc2)NC(=O)OC(C)(C)C)nc2ccc(OCCCN(CC)CC)cc21. The van der Waals surface area contributed by atoms with Crippen LogP contribution < -0.4 is 14.8 Å². The van der Waals surface area contributed by atoms with Gasteiger partial charge in [-0.05, 0) is 117 Å². The molecule has 48 heavy (non-hydrogen) atoms. The summed E-state index contributed by atoms with van der Waals surface area (Å²) < 4.78 is 21.4. The molecule has 0 aliphatic carbocycles. The number of nitrogens with zero attached hydrogens (tertiary/aromatic N) is 3. The van der Waals surface area contributed by atoms with Crippen molar-refractivity contribution in [1.29, 1.82) is 0 Å². The quantitative estimate of drug-likeness (QED) is 0.0805. The minimum atomic E-state index is -0.619. The molecule has 0 aliphatic rings. The molecule has 1 atom stereocenters. The van der Waals surface area contributed by atoms with Crippen LogP contribution >= 0.6 is 22.6 Å². The molecule has 0 saturated heterocycles. The van der Waals surface area contributed by atoms with Gasteiger partial charge < -0.3 is 29.0 Å². The van der Waals surface area contributed by atoms with E-state index in [1.54, 1.807) is 0 Å². The van der Waals surface area contributed by atoms with Crippen molar-refractivity contribution in [3.63, 3.8) is 0 Å². The molecule has 1 amide bonds. The van der Waals surface area contributed by atoms with Crippen LogP contribution in [0.15, 0.2) is 66.7 Å². The summed E-state index contributed by atoms with van der Waals surface area (Å²) in [5.41, 5.74) is 3.58. The molecule has 4 rings (SSSR count). The fourth-order valence-corrected chi connectivity index (χ4v) is 5.96. The Hall–Kier alpha value is -3.31. The van der Waals surface area contributed by atoms with Crippen molar-refractivity contribution < 1.29 is 19.0 Å². The number of ether oxygens (including phenoxy) is 3. The van der Waals surface area contributed by atoms with Gasteiger partial charge in [-0.3, -0.25) is 0 Å². The Morgan fingerprint density at radius 3 is 2.23 bits per heavy atom.